The Bertz CT molecular complexity index is 809. The largest absolute Gasteiger partial charge is 0.288 e. The van der Waals surface area contributed by atoms with Gasteiger partial charge in [0.05, 0.1) is 4.88 Å². The normalized spacial score (nSPS) is 11.2. The van der Waals surface area contributed by atoms with Crippen molar-refractivity contribution in [2.45, 2.75) is 19.8 Å². The molecule has 3 rings (SSSR count). The van der Waals surface area contributed by atoms with Gasteiger partial charge in [0.2, 0.25) is 0 Å². The summed E-state index contributed by atoms with van der Waals surface area (Å²) in [5, 5.41) is 0. The Kier molecular flexibility index (Phi) is 5.21. The smallest absolute Gasteiger partial charge is 0.195 e. The van der Waals surface area contributed by atoms with Crippen LogP contribution in [-0.2, 0) is 12.8 Å². The minimum Gasteiger partial charge on any atom is -0.288 e. The van der Waals surface area contributed by atoms with Crippen molar-refractivity contribution in [2.24, 2.45) is 0 Å². The van der Waals surface area contributed by atoms with Gasteiger partial charge in [-0.25, -0.2) is 0 Å². The summed E-state index contributed by atoms with van der Waals surface area (Å²) in [4.78, 5) is 16.7. The van der Waals surface area contributed by atoms with E-state index in [0.29, 0.717) is 0 Å². The predicted octanol–water partition coefficient (Wildman–Crippen LogP) is 5.86. The molecule has 0 aliphatic heterocycles. The van der Waals surface area contributed by atoms with E-state index in [4.69, 9.17) is 0 Å². The Hall–Kier alpha value is -1.97. The lowest BCUT2D eigenvalue weighted by Gasteiger charge is -1.96. The van der Waals surface area contributed by atoms with Gasteiger partial charge < -0.3 is 0 Å². The van der Waals surface area contributed by atoms with Crippen molar-refractivity contribution >= 4 is 34.5 Å². The van der Waals surface area contributed by atoms with Crippen LogP contribution in [0.2, 0.25) is 0 Å². The average Bonchev–Trinajstić information content (AvgIpc) is 3.23. The molecule has 0 aliphatic carbocycles. The highest BCUT2D eigenvalue weighted by atomic mass is 32.1. The van der Waals surface area contributed by atoms with Crippen LogP contribution < -0.4 is 0 Å². The molecule has 3 heteroatoms. The first kappa shape index (κ1) is 15.9. The van der Waals surface area contributed by atoms with Gasteiger partial charge >= 0.3 is 0 Å². The molecule has 0 N–H and O–H groups in total. The van der Waals surface area contributed by atoms with Crippen LogP contribution in [0.15, 0.2) is 60.7 Å². The molecule has 0 saturated carbocycles. The number of hydrogen-bond acceptors (Lipinski definition) is 3. The maximum Gasteiger partial charge on any atom is 0.195 e. The first-order valence-corrected chi connectivity index (χ1v) is 9.31. The minimum absolute atomic E-state index is 0.0905. The van der Waals surface area contributed by atoms with Gasteiger partial charge in [-0.3, -0.25) is 4.79 Å². The Balaban J connectivity index is 1.65. The van der Waals surface area contributed by atoms with E-state index in [1.54, 1.807) is 28.7 Å². The summed E-state index contributed by atoms with van der Waals surface area (Å²) < 4.78 is 0. The molecule has 0 aliphatic rings. The van der Waals surface area contributed by atoms with Crippen LogP contribution in [-0.4, -0.2) is 5.78 Å². The second-order valence-electron chi connectivity index (χ2n) is 5.28. The summed E-state index contributed by atoms with van der Waals surface area (Å²) >= 11 is 3.32. The van der Waals surface area contributed by atoms with Gasteiger partial charge in [0.25, 0.3) is 0 Å². The molecule has 0 atom stereocenters. The van der Waals surface area contributed by atoms with Gasteiger partial charge in [0, 0.05) is 21.1 Å². The number of benzene rings is 1. The summed E-state index contributed by atoms with van der Waals surface area (Å²) in [5.74, 6) is 0.0905. The molecule has 1 aromatic carbocycles. The summed E-state index contributed by atoms with van der Waals surface area (Å²) in [7, 11) is 0. The molecule has 0 radical (unpaired) electrons. The van der Waals surface area contributed by atoms with Gasteiger partial charge in [-0.15, -0.1) is 22.7 Å². The van der Waals surface area contributed by atoms with E-state index in [1.807, 2.05) is 24.3 Å². The molecule has 0 fully saturated rings. The summed E-state index contributed by atoms with van der Waals surface area (Å²) in [5.41, 5.74) is 1.31. The van der Waals surface area contributed by atoms with E-state index in [-0.39, 0.29) is 5.78 Å². The van der Waals surface area contributed by atoms with Crippen molar-refractivity contribution in [2.75, 3.05) is 0 Å². The molecule has 0 bridgehead atoms. The highest BCUT2D eigenvalue weighted by molar-refractivity contribution is 7.14. The summed E-state index contributed by atoms with van der Waals surface area (Å²) in [6, 6.07) is 18.6. The van der Waals surface area contributed by atoms with Crippen LogP contribution >= 0.6 is 22.7 Å². The number of thiophene rings is 2. The van der Waals surface area contributed by atoms with E-state index >= 15 is 0 Å². The number of carbonyl (C=O) groups excluding carboxylic acids is 1. The Morgan fingerprint density at radius 3 is 2.48 bits per heavy atom. The maximum absolute atomic E-state index is 12.2. The van der Waals surface area contributed by atoms with Crippen molar-refractivity contribution < 1.29 is 4.79 Å². The summed E-state index contributed by atoms with van der Waals surface area (Å²) in [6.45, 7) is 2.11. The predicted molar refractivity (Wildman–Crippen MR) is 101 cm³/mol. The molecule has 0 amide bonds. The first-order chi connectivity index (χ1) is 11.2. The standard InChI is InChI=1S/C20H18OS2/c1-2-16-11-13-20(23-16)19(21)12-10-17-8-9-18(22-17)14-15-6-4-3-5-7-15/h3-13H,2,14H2,1H3/b12-10+. The fraction of sp³-hybridized carbons (Fsp3) is 0.150. The Morgan fingerprint density at radius 2 is 1.74 bits per heavy atom. The topological polar surface area (TPSA) is 17.1 Å². The van der Waals surface area contributed by atoms with Crippen LogP contribution in [0.3, 0.4) is 0 Å². The molecule has 2 aromatic heterocycles. The number of rotatable bonds is 6. The van der Waals surface area contributed by atoms with Crippen LogP contribution in [0.1, 0.15) is 36.8 Å². The molecule has 0 unspecified atom stereocenters. The minimum atomic E-state index is 0.0905. The van der Waals surface area contributed by atoms with Gasteiger partial charge in [0.1, 0.15) is 0 Å². The molecule has 2 heterocycles. The third kappa shape index (κ3) is 4.27. The first-order valence-electron chi connectivity index (χ1n) is 7.68. The van der Waals surface area contributed by atoms with Crippen LogP contribution in [0, 0.1) is 0 Å². The van der Waals surface area contributed by atoms with E-state index in [1.165, 1.54) is 15.3 Å². The fourth-order valence-electron chi connectivity index (χ4n) is 2.32. The van der Waals surface area contributed by atoms with Gasteiger partial charge in [0.15, 0.2) is 5.78 Å². The number of aryl methyl sites for hydroxylation is 1. The Morgan fingerprint density at radius 1 is 0.957 bits per heavy atom. The molecule has 1 nitrogen and oxygen atoms in total. The monoisotopic (exact) mass is 338 g/mol. The Labute approximate surface area is 144 Å². The van der Waals surface area contributed by atoms with E-state index in [9.17, 15) is 4.79 Å². The van der Waals surface area contributed by atoms with Crippen molar-refractivity contribution in [3.63, 3.8) is 0 Å². The fourth-order valence-corrected chi connectivity index (χ4v) is 4.13. The lowest BCUT2D eigenvalue weighted by molar-refractivity contribution is 0.105. The van der Waals surface area contributed by atoms with Crippen LogP contribution in [0.4, 0.5) is 0 Å². The molecule has 3 aromatic rings. The second-order valence-corrected chi connectivity index (χ2v) is 7.65. The number of ketones is 1. The highest BCUT2D eigenvalue weighted by Gasteiger charge is 2.06. The zero-order chi connectivity index (χ0) is 16.1. The van der Waals surface area contributed by atoms with Crippen molar-refractivity contribution in [3.05, 3.63) is 85.7 Å². The SMILES string of the molecule is CCc1ccc(C(=O)/C=C/c2ccc(Cc3ccccc3)s2)s1. The van der Waals surface area contributed by atoms with Crippen molar-refractivity contribution in [3.8, 4) is 0 Å². The highest BCUT2D eigenvalue weighted by Crippen LogP contribution is 2.22. The van der Waals surface area contributed by atoms with E-state index in [0.717, 1.165) is 22.6 Å². The van der Waals surface area contributed by atoms with Gasteiger partial charge in [-0.2, -0.15) is 0 Å². The van der Waals surface area contributed by atoms with Crippen LogP contribution in [0.5, 0.6) is 0 Å². The molecular weight excluding hydrogens is 320 g/mol. The zero-order valence-electron chi connectivity index (χ0n) is 13.0. The quantitative estimate of drug-likeness (QED) is 0.406. The second kappa shape index (κ2) is 7.53. The van der Waals surface area contributed by atoms with Crippen molar-refractivity contribution in [1.82, 2.24) is 0 Å². The van der Waals surface area contributed by atoms with Gasteiger partial charge in [-0.05, 0) is 48.4 Å². The molecule has 23 heavy (non-hydrogen) atoms. The molecule has 0 spiro atoms. The van der Waals surface area contributed by atoms with Crippen molar-refractivity contribution in [1.29, 1.82) is 0 Å². The zero-order valence-corrected chi connectivity index (χ0v) is 14.6. The maximum atomic E-state index is 12.2. The van der Waals surface area contributed by atoms with E-state index < -0.39 is 0 Å². The van der Waals surface area contributed by atoms with Gasteiger partial charge in [-0.1, -0.05) is 37.3 Å². The van der Waals surface area contributed by atoms with Crippen LogP contribution in [0.25, 0.3) is 6.08 Å². The lowest BCUT2D eigenvalue weighted by Crippen LogP contribution is -1.88. The third-order valence-corrected chi connectivity index (χ3v) is 5.85. The number of allylic oxidation sites excluding steroid dienone is 1. The number of carbonyl (C=O) groups is 1. The summed E-state index contributed by atoms with van der Waals surface area (Å²) in [6.07, 6.45) is 5.53. The number of hydrogen-bond donors (Lipinski definition) is 0. The molecule has 116 valence electrons. The molecular formula is C20H18OS2. The third-order valence-electron chi connectivity index (χ3n) is 3.56. The molecule has 0 saturated heterocycles. The van der Waals surface area contributed by atoms with E-state index in [2.05, 4.69) is 43.3 Å². The lowest BCUT2D eigenvalue weighted by atomic mass is 10.1. The average molecular weight is 338 g/mol.